The second kappa shape index (κ2) is 13.3. The monoisotopic (exact) mass is 442 g/mol. The van der Waals surface area contributed by atoms with Crippen molar-refractivity contribution < 1.29 is 37.1 Å². The summed E-state index contributed by atoms with van der Waals surface area (Å²) in [6.45, 7) is 8.26. The summed E-state index contributed by atoms with van der Waals surface area (Å²) in [7, 11) is -3.43. The van der Waals surface area contributed by atoms with E-state index in [1.54, 1.807) is 20.8 Å². The molecule has 0 aliphatic heterocycles. The van der Waals surface area contributed by atoms with E-state index in [0.717, 1.165) is 18.6 Å². The van der Waals surface area contributed by atoms with Gasteiger partial charge in [-0.25, -0.2) is 9.18 Å². The number of halogens is 1. The molecular weight excluding hydrogens is 411 g/mol. The molecule has 0 bridgehead atoms. The van der Waals surface area contributed by atoms with Crippen LogP contribution in [-0.2, 0) is 22.9 Å². The Hall–Kier alpha value is -2.07. The van der Waals surface area contributed by atoms with Gasteiger partial charge in [-0.1, -0.05) is 25.8 Å². The third kappa shape index (κ3) is 7.64. The summed E-state index contributed by atoms with van der Waals surface area (Å²) in [5.74, 6) is -2.86. The molecule has 0 fully saturated rings. The standard InChI is InChI=1S/C21H31FO7Si/c1-5-9-10-19(30(26-6-2,27-7-3)28-8-4)21(25)29-18-15-16(11-13-17(18)22)12-14-20(23)24/h11-15,19H,5-10H2,1-4H3,(H,23,24)/b14-12+. The molecule has 0 saturated carbocycles. The first kappa shape index (κ1) is 26.0. The van der Waals surface area contributed by atoms with Crippen molar-refractivity contribution in [1.82, 2.24) is 0 Å². The zero-order chi connectivity index (χ0) is 22.6. The van der Waals surface area contributed by atoms with Crippen LogP contribution in [0.4, 0.5) is 4.39 Å². The smallest absolute Gasteiger partial charge is 0.478 e. The maximum atomic E-state index is 14.3. The number of esters is 1. The van der Waals surface area contributed by atoms with Crippen LogP contribution in [0, 0.1) is 5.82 Å². The number of carboxylic acids is 1. The molecule has 1 unspecified atom stereocenters. The third-order valence-electron chi connectivity index (χ3n) is 4.18. The first-order valence-corrected chi connectivity index (χ1v) is 12.0. The van der Waals surface area contributed by atoms with Crippen LogP contribution >= 0.6 is 0 Å². The number of carbonyl (C=O) groups excluding carboxylic acids is 1. The molecule has 1 N–H and O–H groups in total. The lowest BCUT2D eigenvalue weighted by Crippen LogP contribution is -2.53. The summed E-state index contributed by atoms with van der Waals surface area (Å²) < 4.78 is 37.3. The van der Waals surface area contributed by atoms with E-state index in [9.17, 15) is 14.0 Å². The van der Waals surface area contributed by atoms with Crippen LogP contribution in [0.1, 0.15) is 52.5 Å². The number of benzene rings is 1. The van der Waals surface area contributed by atoms with Crippen LogP contribution in [-0.4, -0.2) is 45.7 Å². The van der Waals surface area contributed by atoms with Crippen molar-refractivity contribution in [3.63, 3.8) is 0 Å². The Morgan fingerprint density at radius 2 is 1.70 bits per heavy atom. The molecule has 1 atom stereocenters. The van der Waals surface area contributed by atoms with Crippen LogP contribution < -0.4 is 4.74 Å². The molecule has 0 saturated heterocycles. The van der Waals surface area contributed by atoms with Crippen LogP contribution in [0.5, 0.6) is 5.75 Å². The maximum Gasteiger partial charge on any atom is 0.515 e. The predicted molar refractivity (Wildman–Crippen MR) is 113 cm³/mol. The molecule has 7 nitrogen and oxygen atoms in total. The fourth-order valence-electron chi connectivity index (χ4n) is 2.93. The quantitative estimate of drug-likeness (QED) is 0.197. The number of carboxylic acid groups (broad SMARTS) is 1. The highest BCUT2D eigenvalue weighted by Crippen LogP contribution is 2.33. The SMILES string of the molecule is CCCCC(C(=O)Oc1cc(/C=C/C(=O)O)ccc1F)[Si](OCC)(OCC)OCC. The zero-order valence-electron chi connectivity index (χ0n) is 18.0. The molecule has 0 aliphatic rings. The Morgan fingerprint density at radius 1 is 1.10 bits per heavy atom. The Balaban J connectivity index is 3.24. The second-order valence-electron chi connectivity index (χ2n) is 6.38. The highest BCUT2D eigenvalue weighted by molar-refractivity contribution is 6.66. The molecule has 0 spiro atoms. The summed E-state index contributed by atoms with van der Waals surface area (Å²) in [6.07, 6.45) is 4.17. The van der Waals surface area contributed by atoms with Gasteiger partial charge in [-0.3, -0.25) is 4.79 Å². The summed E-state index contributed by atoms with van der Waals surface area (Å²) >= 11 is 0. The van der Waals surface area contributed by atoms with Crippen LogP contribution in [0.15, 0.2) is 24.3 Å². The van der Waals surface area contributed by atoms with Gasteiger partial charge in [0, 0.05) is 25.9 Å². The molecular formula is C21H31FO7Si. The number of ether oxygens (including phenoxy) is 1. The van der Waals surface area contributed by atoms with Gasteiger partial charge in [0.25, 0.3) is 0 Å². The van der Waals surface area contributed by atoms with Crippen molar-refractivity contribution >= 4 is 26.8 Å². The molecule has 0 amide bonds. The zero-order valence-corrected chi connectivity index (χ0v) is 19.0. The Labute approximate surface area is 178 Å². The lowest BCUT2D eigenvalue weighted by Gasteiger charge is -2.34. The van der Waals surface area contributed by atoms with E-state index in [2.05, 4.69) is 0 Å². The Kier molecular flexibility index (Phi) is 11.5. The van der Waals surface area contributed by atoms with Gasteiger partial charge in [-0.05, 0) is 51.0 Å². The average Bonchev–Trinajstić information content (AvgIpc) is 2.69. The predicted octanol–water partition coefficient (Wildman–Crippen LogP) is 4.44. The van der Waals surface area contributed by atoms with E-state index < -0.39 is 32.1 Å². The van der Waals surface area contributed by atoms with E-state index in [-0.39, 0.29) is 5.75 Å². The second-order valence-corrected chi connectivity index (χ2v) is 9.15. The molecule has 30 heavy (non-hydrogen) atoms. The van der Waals surface area contributed by atoms with Crippen molar-refractivity contribution in [3.05, 3.63) is 35.7 Å². The Morgan fingerprint density at radius 3 is 2.20 bits per heavy atom. The molecule has 1 aromatic carbocycles. The van der Waals surface area contributed by atoms with Crippen molar-refractivity contribution in [3.8, 4) is 5.75 Å². The van der Waals surface area contributed by atoms with Gasteiger partial charge in [0.15, 0.2) is 11.6 Å². The van der Waals surface area contributed by atoms with E-state index in [4.69, 9.17) is 23.1 Å². The Bertz CT molecular complexity index is 706. The largest absolute Gasteiger partial charge is 0.515 e. The number of rotatable bonds is 14. The topological polar surface area (TPSA) is 91.3 Å². The molecule has 0 aliphatic carbocycles. The third-order valence-corrected chi connectivity index (χ3v) is 7.63. The number of aliphatic carboxylic acids is 1. The average molecular weight is 443 g/mol. The molecule has 168 valence electrons. The minimum absolute atomic E-state index is 0.290. The van der Waals surface area contributed by atoms with Gasteiger partial charge < -0.3 is 23.1 Å². The normalized spacial score (nSPS) is 12.8. The lowest BCUT2D eigenvalue weighted by molar-refractivity contribution is -0.136. The fourth-order valence-corrected chi connectivity index (χ4v) is 5.89. The van der Waals surface area contributed by atoms with E-state index in [1.807, 2.05) is 6.92 Å². The van der Waals surface area contributed by atoms with Gasteiger partial charge >= 0.3 is 20.7 Å². The first-order valence-electron chi connectivity index (χ1n) is 10.2. The molecule has 1 aromatic rings. The molecule has 0 radical (unpaired) electrons. The fraction of sp³-hybridized carbons (Fsp3) is 0.524. The molecule has 0 aromatic heterocycles. The number of unbranched alkanes of at least 4 members (excludes halogenated alkanes) is 1. The van der Waals surface area contributed by atoms with Crippen molar-refractivity contribution in [2.24, 2.45) is 0 Å². The van der Waals surface area contributed by atoms with Crippen LogP contribution in [0.25, 0.3) is 6.08 Å². The summed E-state index contributed by atoms with van der Waals surface area (Å²) in [4.78, 5) is 23.8. The highest BCUT2D eigenvalue weighted by Gasteiger charge is 2.53. The minimum Gasteiger partial charge on any atom is -0.478 e. The van der Waals surface area contributed by atoms with E-state index in [0.29, 0.717) is 38.2 Å². The lowest BCUT2D eigenvalue weighted by atomic mass is 10.2. The maximum absolute atomic E-state index is 14.3. The van der Waals surface area contributed by atoms with Crippen molar-refractivity contribution in [2.75, 3.05) is 19.8 Å². The van der Waals surface area contributed by atoms with Gasteiger partial charge in [0.2, 0.25) is 0 Å². The summed E-state index contributed by atoms with van der Waals surface area (Å²) in [5.41, 5.74) is -0.426. The van der Waals surface area contributed by atoms with Crippen molar-refractivity contribution in [1.29, 1.82) is 0 Å². The molecule has 0 heterocycles. The van der Waals surface area contributed by atoms with Gasteiger partial charge in [-0.2, -0.15) is 0 Å². The number of hydrogen-bond donors (Lipinski definition) is 1. The number of carbonyl (C=O) groups is 2. The summed E-state index contributed by atoms with van der Waals surface area (Å²) in [5, 5.41) is 8.76. The first-order chi connectivity index (χ1) is 14.3. The van der Waals surface area contributed by atoms with E-state index in [1.165, 1.54) is 18.2 Å². The molecule has 9 heteroatoms. The highest BCUT2D eigenvalue weighted by atomic mass is 28.4. The van der Waals surface area contributed by atoms with Crippen molar-refractivity contribution in [2.45, 2.75) is 52.5 Å². The van der Waals surface area contributed by atoms with E-state index >= 15 is 0 Å². The van der Waals surface area contributed by atoms with Gasteiger partial charge in [-0.15, -0.1) is 0 Å². The molecule has 1 rings (SSSR count). The van der Waals surface area contributed by atoms with Crippen LogP contribution in [0.3, 0.4) is 0 Å². The summed E-state index contributed by atoms with van der Waals surface area (Å²) in [6, 6.07) is 3.78. The minimum atomic E-state index is -3.43. The van der Waals surface area contributed by atoms with Gasteiger partial charge in [0.05, 0.1) is 0 Å². The van der Waals surface area contributed by atoms with Gasteiger partial charge in [0.1, 0.15) is 5.54 Å². The number of hydrogen-bond acceptors (Lipinski definition) is 6. The van der Waals surface area contributed by atoms with Crippen LogP contribution in [0.2, 0.25) is 5.54 Å².